The maximum atomic E-state index is 13.0. The lowest BCUT2D eigenvalue weighted by molar-refractivity contribution is -0.142. The van der Waals surface area contributed by atoms with Crippen LogP contribution in [0.3, 0.4) is 0 Å². The minimum Gasteiger partial charge on any atom is -0.480 e. The third-order valence-electron chi connectivity index (χ3n) is 4.86. The smallest absolute Gasteiger partial charge is 0.326 e. The summed E-state index contributed by atoms with van der Waals surface area (Å²) in [4.78, 5) is 26.2. The minimum atomic E-state index is -0.991. The second-order valence-electron chi connectivity index (χ2n) is 6.67. The number of aromatic nitrogens is 2. The average Bonchev–Trinajstić information content (AvgIpc) is 3.15. The van der Waals surface area contributed by atoms with E-state index < -0.39 is 12.0 Å². The van der Waals surface area contributed by atoms with E-state index in [-0.39, 0.29) is 12.5 Å². The van der Waals surface area contributed by atoms with E-state index in [1.807, 2.05) is 54.6 Å². The number of fused-ring (bicyclic) bond motifs is 1. The molecule has 2 heterocycles. The van der Waals surface area contributed by atoms with Crippen molar-refractivity contribution in [2.75, 3.05) is 0 Å². The molecule has 0 bridgehead atoms. The molecule has 0 fully saturated rings. The van der Waals surface area contributed by atoms with E-state index in [1.165, 1.54) is 11.1 Å². The van der Waals surface area contributed by atoms with Gasteiger partial charge in [-0.1, -0.05) is 54.6 Å². The highest BCUT2D eigenvalue weighted by molar-refractivity contribution is 5.96. The number of rotatable bonds is 4. The maximum Gasteiger partial charge on any atom is 0.326 e. The Morgan fingerprint density at radius 2 is 1.74 bits per heavy atom. The molecular weight excluding hydrogens is 342 g/mol. The standard InChI is InChI=1S/C21H19N3O3/c25-20(18-11-22-23(13-18)12-15-6-2-1-3-7-15)24-14-17-9-5-4-8-16(17)10-19(24)21(26)27/h1-9,11,13,19H,10,12,14H2,(H,26,27)/t19-/m1/s1. The molecule has 0 spiro atoms. The Hall–Kier alpha value is -3.41. The molecule has 136 valence electrons. The van der Waals surface area contributed by atoms with Gasteiger partial charge in [-0.2, -0.15) is 5.10 Å². The van der Waals surface area contributed by atoms with Crippen LogP contribution in [0.15, 0.2) is 67.0 Å². The van der Waals surface area contributed by atoms with Gasteiger partial charge in [0.1, 0.15) is 6.04 Å². The van der Waals surface area contributed by atoms with Gasteiger partial charge in [-0.15, -0.1) is 0 Å². The second kappa shape index (κ2) is 7.07. The number of aliphatic carboxylic acids is 1. The Morgan fingerprint density at radius 3 is 2.48 bits per heavy atom. The summed E-state index contributed by atoms with van der Waals surface area (Å²) in [5.41, 5.74) is 3.44. The highest BCUT2D eigenvalue weighted by Crippen LogP contribution is 2.25. The van der Waals surface area contributed by atoms with Gasteiger partial charge in [-0.3, -0.25) is 9.48 Å². The van der Waals surface area contributed by atoms with Crippen molar-refractivity contribution in [3.8, 4) is 0 Å². The topological polar surface area (TPSA) is 75.4 Å². The summed E-state index contributed by atoms with van der Waals surface area (Å²) in [7, 11) is 0. The molecule has 2 aromatic carbocycles. The highest BCUT2D eigenvalue weighted by Gasteiger charge is 2.35. The molecular formula is C21H19N3O3. The van der Waals surface area contributed by atoms with Crippen molar-refractivity contribution in [2.45, 2.75) is 25.6 Å². The lowest BCUT2D eigenvalue weighted by Crippen LogP contribution is -2.48. The van der Waals surface area contributed by atoms with Crippen molar-refractivity contribution < 1.29 is 14.7 Å². The van der Waals surface area contributed by atoms with E-state index in [9.17, 15) is 14.7 Å². The van der Waals surface area contributed by atoms with E-state index in [1.54, 1.807) is 10.9 Å². The van der Waals surface area contributed by atoms with Gasteiger partial charge in [0.25, 0.3) is 5.91 Å². The predicted molar refractivity (Wildman–Crippen MR) is 99.2 cm³/mol. The number of carbonyl (C=O) groups is 2. The Labute approximate surface area is 156 Å². The van der Waals surface area contributed by atoms with Crippen LogP contribution >= 0.6 is 0 Å². The molecule has 1 N–H and O–H groups in total. The first-order chi connectivity index (χ1) is 13.1. The molecule has 6 nitrogen and oxygen atoms in total. The van der Waals surface area contributed by atoms with Gasteiger partial charge in [-0.05, 0) is 16.7 Å². The number of amides is 1. The van der Waals surface area contributed by atoms with E-state index in [0.717, 1.165) is 16.7 Å². The number of benzene rings is 2. The third-order valence-corrected chi connectivity index (χ3v) is 4.86. The molecule has 1 aromatic heterocycles. The number of hydrogen-bond donors (Lipinski definition) is 1. The van der Waals surface area contributed by atoms with Crippen LogP contribution in [-0.2, 0) is 24.3 Å². The summed E-state index contributed by atoms with van der Waals surface area (Å²) in [6.45, 7) is 0.842. The quantitative estimate of drug-likeness (QED) is 0.775. The van der Waals surface area contributed by atoms with Crippen molar-refractivity contribution in [3.63, 3.8) is 0 Å². The van der Waals surface area contributed by atoms with Gasteiger partial charge in [0.05, 0.1) is 18.3 Å². The number of carboxylic acid groups (broad SMARTS) is 1. The van der Waals surface area contributed by atoms with Crippen molar-refractivity contribution in [1.29, 1.82) is 0 Å². The maximum absolute atomic E-state index is 13.0. The lowest BCUT2D eigenvalue weighted by Gasteiger charge is -2.34. The molecule has 3 aromatic rings. The normalized spacial score (nSPS) is 16.0. The predicted octanol–water partition coefficient (Wildman–Crippen LogP) is 2.58. The highest BCUT2D eigenvalue weighted by atomic mass is 16.4. The molecule has 4 rings (SSSR count). The van der Waals surface area contributed by atoms with Crippen LogP contribution in [0.5, 0.6) is 0 Å². The van der Waals surface area contributed by atoms with Crippen LogP contribution in [0, 0.1) is 0 Å². The molecule has 0 unspecified atom stereocenters. The number of nitrogens with zero attached hydrogens (tertiary/aromatic N) is 3. The summed E-state index contributed by atoms with van der Waals surface area (Å²) in [5.74, 6) is -1.30. The fraction of sp³-hybridized carbons (Fsp3) is 0.190. The summed E-state index contributed by atoms with van der Waals surface area (Å²) >= 11 is 0. The zero-order valence-electron chi connectivity index (χ0n) is 14.7. The van der Waals surface area contributed by atoms with Crippen molar-refractivity contribution in [2.24, 2.45) is 0 Å². The molecule has 1 aliphatic heterocycles. The van der Waals surface area contributed by atoms with E-state index in [4.69, 9.17) is 0 Å². The van der Waals surface area contributed by atoms with Crippen LogP contribution in [0.25, 0.3) is 0 Å². The van der Waals surface area contributed by atoms with Gasteiger partial charge in [0.2, 0.25) is 0 Å². The van der Waals surface area contributed by atoms with E-state index >= 15 is 0 Å². The van der Waals surface area contributed by atoms with Gasteiger partial charge in [0, 0.05) is 19.2 Å². The molecule has 0 saturated heterocycles. The fourth-order valence-corrected chi connectivity index (χ4v) is 3.45. The zero-order chi connectivity index (χ0) is 18.8. The van der Waals surface area contributed by atoms with Gasteiger partial charge < -0.3 is 10.0 Å². The van der Waals surface area contributed by atoms with Crippen LogP contribution in [0.2, 0.25) is 0 Å². The monoisotopic (exact) mass is 361 g/mol. The SMILES string of the molecule is O=C(O)[C@H]1Cc2ccccc2CN1C(=O)c1cnn(Cc2ccccc2)c1. The van der Waals surface area contributed by atoms with Crippen LogP contribution in [0.4, 0.5) is 0 Å². The minimum absolute atomic E-state index is 0.288. The number of carboxylic acids is 1. The first-order valence-corrected chi connectivity index (χ1v) is 8.79. The average molecular weight is 361 g/mol. The summed E-state index contributed by atoms with van der Waals surface area (Å²) in [5, 5.41) is 13.9. The van der Waals surface area contributed by atoms with Crippen LogP contribution in [-0.4, -0.2) is 37.7 Å². The van der Waals surface area contributed by atoms with Gasteiger partial charge in [-0.25, -0.2) is 4.79 Å². The molecule has 0 radical (unpaired) electrons. The summed E-state index contributed by atoms with van der Waals surface area (Å²) in [6.07, 6.45) is 3.49. The van der Waals surface area contributed by atoms with Gasteiger partial charge >= 0.3 is 5.97 Å². The molecule has 1 atom stereocenters. The van der Waals surface area contributed by atoms with E-state index in [2.05, 4.69) is 5.10 Å². The Morgan fingerprint density at radius 1 is 1.04 bits per heavy atom. The third kappa shape index (κ3) is 3.46. The Kier molecular flexibility index (Phi) is 4.46. The second-order valence-corrected chi connectivity index (χ2v) is 6.67. The van der Waals surface area contributed by atoms with Crippen molar-refractivity contribution in [3.05, 3.63) is 89.2 Å². The van der Waals surface area contributed by atoms with Crippen molar-refractivity contribution in [1.82, 2.24) is 14.7 Å². The molecule has 0 aliphatic carbocycles. The van der Waals surface area contributed by atoms with E-state index in [0.29, 0.717) is 18.5 Å². The van der Waals surface area contributed by atoms with Gasteiger partial charge in [0.15, 0.2) is 0 Å². The van der Waals surface area contributed by atoms with Crippen molar-refractivity contribution >= 4 is 11.9 Å². The Balaban J connectivity index is 1.57. The molecule has 6 heteroatoms. The summed E-state index contributed by atoms with van der Waals surface area (Å²) < 4.78 is 1.69. The number of hydrogen-bond acceptors (Lipinski definition) is 3. The zero-order valence-corrected chi connectivity index (χ0v) is 14.7. The summed E-state index contributed by atoms with van der Waals surface area (Å²) in [6, 6.07) is 16.6. The molecule has 27 heavy (non-hydrogen) atoms. The molecule has 1 amide bonds. The molecule has 1 aliphatic rings. The lowest BCUT2D eigenvalue weighted by atomic mass is 9.93. The number of carbonyl (C=O) groups excluding carboxylic acids is 1. The van der Waals surface area contributed by atoms with Crippen LogP contribution in [0.1, 0.15) is 27.0 Å². The Bertz CT molecular complexity index is 981. The fourth-order valence-electron chi connectivity index (χ4n) is 3.45. The first-order valence-electron chi connectivity index (χ1n) is 8.79. The molecule has 0 saturated carbocycles. The first kappa shape index (κ1) is 17.0. The van der Waals surface area contributed by atoms with Crippen LogP contribution < -0.4 is 0 Å². The largest absolute Gasteiger partial charge is 0.480 e.